The number of aryl methyl sites for hydroxylation is 1. The van der Waals surface area contributed by atoms with Crippen LogP contribution < -0.4 is 5.73 Å². The van der Waals surface area contributed by atoms with E-state index < -0.39 is 0 Å². The zero-order valence-corrected chi connectivity index (χ0v) is 15.9. The molecule has 2 aromatic heterocycles. The van der Waals surface area contributed by atoms with E-state index in [-0.39, 0.29) is 12.3 Å². The van der Waals surface area contributed by atoms with Gasteiger partial charge in [0.2, 0.25) is 5.91 Å². The number of aromatic nitrogens is 1. The van der Waals surface area contributed by atoms with Crippen LogP contribution in [-0.4, -0.2) is 10.9 Å². The number of amides is 1. The van der Waals surface area contributed by atoms with Crippen molar-refractivity contribution in [1.82, 2.24) is 4.98 Å². The Morgan fingerprint density at radius 3 is 2.59 bits per heavy atom. The minimum absolute atomic E-state index is 0.268. The Bertz CT molecular complexity index is 1120. The van der Waals surface area contributed by atoms with Crippen molar-refractivity contribution in [3.63, 3.8) is 0 Å². The third kappa shape index (κ3) is 3.49. The minimum Gasteiger partial charge on any atom is -0.369 e. The number of nitrogens with zero attached hydrogens (tertiary/aromatic N) is 1. The lowest BCUT2D eigenvalue weighted by atomic mass is 9.97. The topological polar surface area (TPSA) is 56.0 Å². The van der Waals surface area contributed by atoms with Gasteiger partial charge in [-0.2, -0.15) is 0 Å². The van der Waals surface area contributed by atoms with Crippen LogP contribution in [0.25, 0.3) is 32.6 Å². The van der Waals surface area contributed by atoms with Gasteiger partial charge in [0, 0.05) is 10.3 Å². The van der Waals surface area contributed by atoms with Crippen LogP contribution in [0, 0.1) is 0 Å². The van der Waals surface area contributed by atoms with E-state index in [0.29, 0.717) is 0 Å². The number of benzene rings is 2. The molecule has 2 heterocycles. The molecule has 0 saturated carbocycles. The molecule has 0 saturated heterocycles. The van der Waals surface area contributed by atoms with Crippen LogP contribution in [0.15, 0.2) is 66.7 Å². The first-order valence-electron chi connectivity index (χ1n) is 9.01. The standard InChI is InChI=1S/C23H20N2OS/c1-2-15-9-6-10-18-19(16-7-4-3-5-8-16)14-20(25-23(15)18)21-12-11-17(27-21)13-22(24)26/h3-12,14H,2,13H2,1H3,(H2,24,26). The maximum atomic E-state index is 11.2. The van der Waals surface area contributed by atoms with Gasteiger partial charge in [-0.05, 0) is 41.3 Å². The second-order valence-electron chi connectivity index (χ2n) is 6.50. The molecule has 134 valence electrons. The third-order valence-corrected chi connectivity index (χ3v) is 5.76. The molecule has 0 unspecified atom stereocenters. The molecule has 0 radical (unpaired) electrons. The molecule has 0 bridgehead atoms. The number of carbonyl (C=O) groups excluding carboxylic acids is 1. The molecule has 1 amide bonds. The van der Waals surface area contributed by atoms with Crippen LogP contribution in [-0.2, 0) is 17.6 Å². The third-order valence-electron chi connectivity index (χ3n) is 4.65. The summed E-state index contributed by atoms with van der Waals surface area (Å²) in [7, 11) is 0. The molecule has 4 rings (SSSR count). The second kappa shape index (κ2) is 7.33. The predicted molar refractivity (Wildman–Crippen MR) is 113 cm³/mol. The summed E-state index contributed by atoms with van der Waals surface area (Å²) >= 11 is 1.58. The van der Waals surface area contributed by atoms with Crippen LogP contribution in [0.4, 0.5) is 0 Å². The highest BCUT2D eigenvalue weighted by atomic mass is 32.1. The zero-order valence-electron chi connectivity index (χ0n) is 15.1. The average molecular weight is 372 g/mol. The largest absolute Gasteiger partial charge is 0.369 e. The highest BCUT2D eigenvalue weighted by Crippen LogP contribution is 2.35. The Balaban J connectivity index is 1.94. The van der Waals surface area contributed by atoms with E-state index in [1.807, 2.05) is 18.2 Å². The highest BCUT2D eigenvalue weighted by molar-refractivity contribution is 7.15. The first kappa shape index (κ1) is 17.4. The summed E-state index contributed by atoms with van der Waals surface area (Å²) in [5, 5.41) is 1.17. The number of carbonyl (C=O) groups is 1. The van der Waals surface area contributed by atoms with Gasteiger partial charge in [0.05, 0.1) is 22.5 Å². The lowest BCUT2D eigenvalue weighted by Crippen LogP contribution is -2.12. The van der Waals surface area contributed by atoms with Gasteiger partial charge < -0.3 is 5.73 Å². The molecule has 2 aromatic carbocycles. The van der Waals surface area contributed by atoms with E-state index >= 15 is 0 Å². The predicted octanol–water partition coefficient (Wildman–Crippen LogP) is 5.22. The molecule has 0 atom stereocenters. The normalized spacial score (nSPS) is 11.0. The quantitative estimate of drug-likeness (QED) is 0.522. The summed E-state index contributed by atoms with van der Waals surface area (Å²) < 4.78 is 0. The molecule has 3 nitrogen and oxygen atoms in total. The molecule has 4 aromatic rings. The summed E-state index contributed by atoms with van der Waals surface area (Å²) in [4.78, 5) is 18.2. The fourth-order valence-corrected chi connectivity index (χ4v) is 4.34. The smallest absolute Gasteiger partial charge is 0.222 e. The SMILES string of the molecule is CCc1cccc2c(-c3ccccc3)cc(-c3ccc(CC(N)=O)s3)nc12. The number of pyridine rings is 1. The van der Waals surface area contributed by atoms with Crippen LogP contribution in [0.5, 0.6) is 0 Å². The summed E-state index contributed by atoms with van der Waals surface area (Å²) in [5.41, 5.74) is 10.9. The summed E-state index contributed by atoms with van der Waals surface area (Å²) in [6.07, 6.45) is 1.20. The molecular formula is C23H20N2OS. The molecule has 0 spiro atoms. The molecule has 0 aliphatic carbocycles. The monoisotopic (exact) mass is 372 g/mol. The van der Waals surface area contributed by atoms with Crippen molar-refractivity contribution in [2.45, 2.75) is 19.8 Å². The van der Waals surface area contributed by atoms with E-state index in [0.717, 1.165) is 27.4 Å². The fraction of sp³-hybridized carbons (Fsp3) is 0.130. The van der Waals surface area contributed by atoms with Gasteiger partial charge in [-0.15, -0.1) is 11.3 Å². The molecule has 0 aliphatic rings. The fourth-order valence-electron chi connectivity index (χ4n) is 3.36. The number of rotatable bonds is 5. The van der Waals surface area contributed by atoms with Crippen molar-refractivity contribution in [2.24, 2.45) is 5.73 Å². The second-order valence-corrected chi connectivity index (χ2v) is 7.67. The van der Waals surface area contributed by atoms with Crippen molar-refractivity contribution in [2.75, 3.05) is 0 Å². The molecular weight excluding hydrogens is 352 g/mol. The van der Waals surface area contributed by atoms with Crippen LogP contribution in [0.2, 0.25) is 0 Å². The van der Waals surface area contributed by atoms with Gasteiger partial charge in [-0.3, -0.25) is 4.79 Å². The van der Waals surface area contributed by atoms with Crippen molar-refractivity contribution in [3.8, 4) is 21.7 Å². The highest BCUT2D eigenvalue weighted by Gasteiger charge is 2.13. The molecule has 0 aliphatic heterocycles. The lowest BCUT2D eigenvalue weighted by molar-refractivity contribution is -0.117. The van der Waals surface area contributed by atoms with Gasteiger partial charge in [-0.25, -0.2) is 4.98 Å². The van der Waals surface area contributed by atoms with Gasteiger partial charge in [0.25, 0.3) is 0 Å². The number of thiophene rings is 1. The van der Waals surface area contributed by atoms with Crippen molar-refractivity contribution in [1.29, 1.82) is 0 Å². The van der Waals surface area contributed by atoms with Gasteiger partial charge in [-0.1, -0.05) is 55.5 Å². The Labute approximate surface area is 162 Å². The van der Waals surface area contributed by atoms with E-state index in [2.05, 4.69) is 55.5 Å². The van der Waals surface area contributed by atoms with Gasteiger partial charge in [0.1, 0.15) is 0 Å². The van der Waals surface area contributed by atoms with Crippen LogP contribution in [0.3, 0.4) is 0 Å². The van der Waals surface area contributed by atoms with E-state index in [4.69, 9.17) is 10.7 Å². The number of hydrogen-bond acceptors (Lipinski definition) is 3. The number of fused-ring (bicyclic) bond motifs is 1. The summed E-state index contributed by atoms with van der Waals surface area (Å²) in [6.45, 7) is 2.15. The van der Waals surface area contributed by atoms with Crippen LogP contribution >= 0.6 is 11.3 Å². The summed E-state index contributed by atoms with van der Waals surface area (Å²) in [5.74, 6) is -0.312. The van der Waals surface area contributed by atoms with Crippen molar-refractivity contribution < 1.29 is 4.79 Å². The maximum Gasteiger partial charge on any atom is 0.222 e. The number of para-hydroxylation sites is 1. The van der Waals surface area contributed by atoms with Crippen LogP contribution in [0.1, 0.15) is 17.4 Å². The van der Waals surface area contributed by atoms with Crippen molar-refractivity contribution in [3.05, 3.63) is 77.2 Å². The Hall–Kier alpha value is -2.98. The van der Waals surface area contributed by atoms with E-state index in [9.17, 15) is 4.79 Å². The molecule has 0 fully saturated rings. The first-order chi connectivity index (χ1) is 13.2. The first-order valence-corrected chi connectivity index (χ1v) is 9.83. The molecule has 2 N–H and O–H groups in total. The Morgan fingerprint density at radius 1 is 1.04 bits per heavy atom. The van der Waals surface area contributed by atoms with E-state index in [1.165, 1.54) is 22.1 Å². The zero-order chi connectivity index (χ0) is 18.8. The number of primary amides is 1. The van der Waals surface area contributed by atoms with Gasteiger partial charge in [0.15, 0.2) is 0 Å². The molecule has 4 heteroatoms. The number of nitrogens with two attached hydrogens (primary N) is 1. The van der Waals surface area contributed by atoms with Gasteiger partial charge >= 0.3 is 0 Å². The minimum atomic E-state index is -0.312. The summed E-state index contributed by atoms with van der Waals surface area (Å²) in [6, 6.07) is 22.9. The lowest BCUT2D eigenvalue weighted by Gasteiger charge is -2.12. The maximum absolute atomic E-state index is 11.2. The number of hydrogen-bond donors (Lipinski definition) is 1. The Morgan fingerprint density at radius 2 is 1.85 bits per heavy atom. The van der Waals surface area contributed by atoms with Crippen molar-refractivity contribution >= 4 is 28.1 Å². The Kier molecular flexibility index (Phi) is 4.73. The molecule has 27 heavy (non-hydrogen) atoms. The van der Waals surface area contributed by atoms with E-state index in [1.54, 1.807) is 11.3 Å². The average Bonchev–Trinajstić information content (AvgIpc) is 3.15.